The highest BCUT2D eigenvalue weighted by atomic mass is 16.5. The number of carbonyl (C=O) groups is 2. The van der Waals surface area contributed by atoms with E-state index in [0.29, 0.717) is 78.0 Å². The predicted molar refractivity (Wildman–Crippen MR) is 186 cm³/mol. The van der Waals surface area contributed by atoms with Crippen molar-refractivity contribution in [3.8, 4) is 34.8 Å². The van der Waals surface area contributed by atoms with Crippen molar-refractivity contribution in [2.45, 2.75) is 31.3 Å². The molecule has 0 aliphatic carbocycles. The van der Waals surface area contributed by atoms with Gasteiger partial charge in [0.05, 0.1) is 68.6 Å². The molecule has 11 nitrogen and oxygen atoms in total. The third kappa shape index (κ3) is 6.26. The van der Waals surface area contributed by atoms with Gasteiger partial charge in [-0.05, 0) is 23.3 Å². The first-order valence-electron chi connectivity index (χ1n) is 16.1. The minimum Gasteiger partial charge on any atom is -0.493 e. The van der Waals surface area contributed by atoms with Gasteiger partial charge in [0.25, 0.3) is 11.8 Å². The molecule has 0 aromatic heterocycles. The quantitative estimate of drug-likeness (QED) is 0.244. The zero-order valence-corrected chi connectivity index (χ0v) is 27.2. The van der Waals surface area contributed by atoms with Crippen LogP contribution in [0.2, 0.25) is 0 Å². The van der Waals surface area contributed by atoms with Gasteiger partial charge < -0.3 is 34.5 Å². The smallest absolute Gasteiger partial charge is 0.260 e. The molecule has 0 saturated carbocycles. The zero-order valence-electron chi connectivity index (χ0n) is 27.2. The van der Waals surface area contributed by atoms with E-state index in [2.05, 4.69) is 21.8 Å². The van der Waals surface area contributed by atoms with Crippen molar-refractivity contribution in [3.05, 3.63) is 89.3 Å². The van der Waals surface area contributed by atoms with Crippen molar-refractivity contribution in [1.29, 1.82) is 0 Å². The van der Waals surface area contributed by atoms with Crippen LogP contribution in [0.1, 0.15) is 45.5 Å². The highest BCUT2D eigenvalue weighted by Gasteiger charge is 2.34. The summed E-state index contributed by atoms with van der Waals surface area (Å²) in [4.78, 5) is 39.7. The predicted octanol–water partition coefficient (Wildman–Crippen LogP) is 5.30. The van der Waals surface area contributed by atoms with Crippen LogP contribution in [0.5, 0.6) is 23.0 Å². The van der Waals surface area contributed by atoms with Crippen LogP contribution in [0.4, 0.5) is 11.4 Å². The second kappa shape index (κ2) is 13.7. The number of amides is 2. The first kappa shape index (κ1) is 31.7. The number of nitrogens with two attached hydrogens (primary N) is 1. The number of ether oxygens (including phenoxy) is 4. The molecule has 3 aromatic carbocycles. The van der Waals surface area contributed by atoms with Gasteiger partial charge in [-0.2, -0.15) is 0 Å². The number of carbonyl (C=O) groups excluding carboxylic acids is 2. The summed E-state index contributed by atoms with van der Waals surface area (Å²) >= 11 is 0. The molecule has 7 rings (SSSR count). The standard InChI is InChI=1S/C38H35N5O6/c1-46-33-16-29-31(40-20-27-14-24(8-6-11-39)22-42(27)37(29)44)18-35(33)48-12-7-13-49-36-19-32-30(17-34(36)47-2)38(45)43-23-26(15-28(43)21-41-32)25-9-4-3-5-10-25/h3-5,9-10,16-23,27-28H,7,11-15,39H2,1-2H3/t27-,28-/m0/s1. The molecule has 11 heteroatoms. The maximum Gasteiger partial charge on any atom is 0.260 e. The van der Waals surface area contributed by atoms with Crippen LogP contribution in [0.3, 0.4) is 0 Å². The molecular weight excluding hydrogens is 622 g/mol. The highest BCUT2D eigenvalue weighted by molar-refractivity contribution is 6.06. The van der Waals surface area contributed by atoms with E-state index in [1.165, 1.54) is 7.11 Å². The first-order valence-corrected chi connectivity index (χ1v) is 16.1. The van der Waals surface area contributed by atoms with Gasteiger partial charge in [0.2, 0.25) is 0 Å². The number of rotatable bonds is 9. The molecule has 2 amide bonds. The Labute approximate surface area is 284 Å². The summed E-state index contributed by atoms with van der Waals surface area (Å²) in [6, 6.07) is 16.5. The molecule has 4 heterocycles. The van der Waals surface area contributed by atoms with Crippen LogP contribution in [-0.4, -0.2) is 80.1 Å². The molecule has 0 bridgehead atoms. The Bertz CT molecular complexity index is 1990. The van der Waals surface area contributed by atoms with Crippen LogP contribution < -0.4 is 24.7 Å². The number of benzene rings is 3. The summed E-state index contributed by atoms with van der Waals surface area (Å²) in [6.45, 7) is 0.879. The highest BCUT2D eigenvalue weighted by Crippen LogP contribution is 2.41. The minimum absolute atomic E-state index is 0.138. The lowest BCUT2D eigenvalue weighted by Crippen LogP contribution is -2.32. The molecule has 4 aliphatic heterocycles. The number of hydrogen-bond donors (Lipinski definition) is 1. The third-order valence-corrected chi connectivity index (χ3v) is 8.73. The Morgan fingerprint density at radius 2 is 1.35 bits per heavy atom. The van der Waals surface area contributed by atoms with Gasteiger partial charge in [-0.3, -0.25) is 19.6 Å². The Hall–Kier alpha value is -5.86. The molecular formula is C38H35N5O6. The Morgan fingerprint density at radius 1 is 0.776 bits per heavy atom. The number of fused-ring (bicyclic) bond motifs is 4. The average Bonchev–Trinajstić information content (AvgIpc) is 3.70. The van der Waals surface area contributed by atoms with Gasteiger partial charge in [0.1, 0.15) is 0 Å². The Morgan fingerprint density at radius 3 is 1.92 bits per heavy atom. The molecule has 0 radical (unpaired) electrons. The summed E-state index contributed by atoms with van der Waals surface area (Å²) in [7, 11) is 3.07. The summed E-state index contributed by atoms with van der Waals surface area (Å²) in [5, 5.41) is 0. The Kier molecular flexibility index (Phi) is 8.87. The fourth-order valence-electron chi connectivity index (χ4n) is 6.27. The van der Waals surface area contributed by atoms with E-state index < -0.39 is 0 Å². The number of aliphatic imine (C=N–C) groups is 2. The molecule has 0 spiro atoms. The molecule has 0 saturated heterocycles. The van der Waals surface area contributed by atoms with Crippen LogP contribution in [0, 0.1) is 11.8 Å². The van der Waals surface area contributed by atoms with Crippen molar-refractivity contribution in [1.82, 2.24) is 9.80 Å². The van der Waals surface area contributed by atoms with Crippen molar-refractivity contribution < 1.29 is 28.5 Å². The average molecular weight is 658 g/mol. The molecule has 248 valence electrons. The van der Waals surface area contributed by atoms with Crippen molar-refractivity contribution in [2.75, 3.05) is 34.0 Å². The van der Waals surface area contributed by atoms with Gasteiger partial charge in [-0.25, -0.2) is 0 Å². The summed E-state index contributed by atoms with van der Waals surface area (Å²) in [5.74, 6) is 7.36. The minimum atomic E-state index is -0.218. The molecule has 3 aromatic rings. The zero-order chi connectivity index (χ0) is 33.9. The van der Waals surface area contributed by atoms with Gasteiger partial charge in [0, 0.05) is 61.8 Å². The van der Waals surface area contributed by atoms with Gasteiger partial charge in [-0.15, -0.1) is 0 Å². The summed E-state index contributed by atoms with van der Waals surface area (Å²) < 4.78 is 23.3. The summed E-state index contributed by atoms with van der Waals surface area (Å²) in [6.07, 6.45) is 9.06. The third-order valence-electron chi connectivity index (χ3n) is 8.73. The van der Waals surface area contributed by atoms with Gasteiger partial charge in [-0.1, -0.05) is 42.2 Å². The van der Waals surface area contributed by atoms with Crippen LogP contribution in [0.15, 0.2) is 82.6 Å². The maximum atomic E-state index is 13.6. The fraction of sp³-hybridized carbons (Fsp3) is 0.263. The lowest BCUT2D eigenvalue weighted by atomic mass is 10.0. The van der Waals surface area contributed by atoms with E-state index in [1.807, 2.05) is 42.7 Å². The fourth-order valence-corrected chi connectivity index (χ4v) is 6.27. The van der Waals surface area contributed by atoms with Crippen LogP contribution in [0.25, 0.3) is 5.57 Å². The van der Waals surface area contributed by atoms with E-state index in [0.717, 1.165) is 16.7 Å². The van der Waals surface area contributed by atoms with E-state index in [9.17, 15) is 9.59 Å². The van der Waals surface area contributed by atoms with E-state index in [1.54, 1.807) is 53.6 Å². The Balaban J connectivity index is 0.998. The number of methoxy groups -OCH3 is 2. The summed E-state index contributed by atoms with van der Waals surface area (Å²) in [5.41, 5.74) is 10.4. The molecule has 2 atom stereocenters. The van der Waals surface area contributed by atoms with Gasteiger partial charge >= 0.3 is 0 Å². The first-order chi connectivity index (χ1) is 24.0. The van der Waals surface area contributed by atoms with E-state index in [-0.39, 0.29) is 30.4 Å². The lowest BCUT2D eigenvalue weighted by molar-refractivity contribution is 0.0809. The number of nitrogens with zero attached hydrogens (tertiary/aromatic N) is 4. The number of hydrogen-bond acceptors (Lipinski definition) is 9. The van der Waals surface area contributed by atoms with Gasteiger partial charge in [0.15, 0.2) is 23.0 Å². The van der Waals surface area contributed by atoms with Crippen LogP contribution in [-0.2, 0) is 0 Å². The van der Waals surface area contributed by atoms with E-state index >= 15 is 0 Å². The van der Waals surface area contributed by atoms with E-state index in [4.69, 9.17) is 24.7 Å². The van der Waals surface area contributed by atoms with Crippen molar-refractivity contribution >= 4 is 41.2 Å². The molecule has 0 fully saturated rings. The molecule has 2 N–H and O–H groups in total. The SMILES string of the molecule is COc1cc2c(cc1OCCCOc1cc3c(cc1OC)C(=O)N1C=C(c4ccccc4)C[C@H]1C=N3)N=C[C@@H]1CC(C#CCN)=CN1C2=O. The maximum absolute atomic E-state index is 13.6. The monoisotopic (exact) mass is 657 g/mol. The topological polar surface area (TPSA) is 128 Å². The normalized spacial score (nSPS) is 18.6. The van der Waals surface area contributed by atoms with Crippen LogP contribution >= 0.6 is 0 Å². The second-order valence-corrected chi connectivity index (χ2v) is 11.8. The molecule has 4 aliphatic rings. The van der Waals surface area contributed by atoms with Crippen molar-refractivity contribution in [2.24, 2.45) is 15.7 Å². The molecule has 49 heavy (non-hydrogen) atoms. The lowest BCUT2D eigenvalue weighted by Gasteiger charge is -2.19. The molecule has 0 unspecified atom stereocenters. The second-order valence-electron chi connectivity index (χ2n) is 11.8. The van der Waals surface area contributed by atoms with Crippen molar-refractivity contribution in [3.63, 3.8) is 0 Å². The largest absolute Gasteiger partial charge is 0.493 e.